The average molecular weight is 258 g/mol. The van der Waals surface area contributed by atoms with Gasteiger partial charge in [-0.1, -0.05) is 33.3 Å². The summed E-state index contributed by atoms with van der Waals surface area (Å²) in [4.78, 5) is 33.6. The van der Waals surface area contributed by atoms with E-state index in [-0.39, 0.29) is 0 Å². The Morgan fingerprint density at radius 1 is 1.33 bits per heavy atom. The number of hydrogen-bond acceptors (Lipinski definition) is 4. The number of carbonyl (C=O) groups excluding carboxylic acids is 1. The molecule has 0 aliphatic carbocycles. The van der Waals surface area contributed by atoms with Gasteiger partial charge in [-0.15, -0.1) is 0 Å². The fourth-order valence-electron chi connectivity index (χ4n) is 1.61. The van der Waals surface area contributed by atoms with Gasteiger partial charge in [-0.2, -0.15) is 0 Å². The molecule has 0 rings (SSSR count). The van der Waals surface area contributed by atoms with E-state index in [2.05, 4.69) is 11.3 Å². The van der Waals surface area contributed by atoms with Crippen molar-refractivity contribution in [1.29, 1.82) is 0 Å². The fourth-order valence-corrected chi connectivity index (χ4v) is 1.61. The van der Waals surface area contributed by atoms with Gasteiger partial charge in [0.1, 0.15) is 0 Å². The first-order valence-electron chi connectivity index (χ1n) is 5.65. The van der Waals surface area contributed by atoms with E-state index in [9.17, 15) is 14.4 Å². The largest absolute Gasteiger partial charge is 0.478 e. The SMILES string of the molecule is C=CC(=O)OC(C(=O)O)(C(=O)O)C(C)CCCC. The summed E-state index contributed by atoms with van der Waals surface area (Å²) in [5.41, 5.74) is -2.56. The summed E-state index contributed by atoms with van der Waals surface area (Å²) in [7, 11) is 0. The van der Waals surface area contributed by atoms with Gasteiger partial charge in [0.15, 0.2) is 0 Å². The van der Waals surface area contributed by atoms with Crippen LogP contribution in [0.3, 0.4) is 0 Å². The second-order valence-corrected chi connectivity index (χ2v) is 4.01. The predicted octanol–water partition coefficient (Wildman–Crippen LogP) is 1.45. The summed E-state index contributed by atoms with van der Waals surface area (Å²) in [6.07, 6.45) is 2.51. The Kier molecular flexibility index (Phi) is 6.08. The van der Waals surface area contributed by atoms with E-state index in [0.29, 0.717) is 12.8 Å². The van der Waals surface area contributed by atoms with Crippen LogP contribution < -0.4 is 0 Å². The van der Waals surface area contributed by atoms with E-state index >= 15 is 0 Å². The lowest BCUT2D eigenvalue weighted by Crippen LogP contribution is -2.55. The van der Waals surface area contributed by atoms with E-state index < -0.39 is 29.4 Å². The number of ether oxygens (including phenoxy) is 1. The van der Waals surface area contributed by atoms with Crippen LogP contribution in [0.25, 0.3) is 0 Å². The van der Waals surface area contributed by atoms with E-state index in [0.717, 1.165) is 12.5 Å². The molecule has 6 nitrogen and oxygen atoms in total. The summed E-state index contributed by atoms with van der Waals surface area (Å²) >= 11 is 0. The van der Waals surface area contributed by atoms with Crippen LogP contribution >= 0.6 is 0 Å². The number of hydrogen-bond donors (Lipinski definition) is 2. The maximum atomic E-state index is 11.2. The molecule has 2 N–H and O–H groups in total. The average Bonchev–Trinajstić information content (AvgIpc) is 2.31. The second kappa shape index (κ2) is 6.78. The highest BCUT2D eigenvalue weighted by atomic mass is 16.6. The van der Waals surface area contributed by atoms with Gasteiger partial charge in [-0.25, -0.2) is 14.4 Å². The molecular weight excluding hydrogens is 240 g/mol. The molecule has 0 aromatic rings. The van der Waals surface area contributed by atoms with Crippen molar-refractivity contribution in [2.75, 3.05) is 0 Å². The summed E-state index contributed by atoms with van der Waals surface area (Å²) in [6, 6.07) is 0. The van der Waals surface area contributed by atoms with Crippen LogP contribution in [0.1, 0.15) is 33.1 Å². The maximum Gasteiger partial charge on any atom is 0.360 e. The zero-order valence-corrected chi connectivity index (χ0v) is 10.5. The topological polar surface area (TPSA) is 101 Å². The first-order valence-corrected chi connectivity index (χ1v) is 5.65. The Hall–Kier alpha value is -1.85. The van der Waals surface area contributed by atoms with Crippen molar-refractivity contribution >= 4 is 17.9 Å². The number of rotatable bonds is 8. The molecule has 0 aromatic carbocycles. The Morgan fingerprint density at radius 2 is 1.83 bits per heavy atom. The van der Waals surface area contributed by atoms with E-state index in [1.807, 2.05) is 6.92 Å². The molecule has 0 aliphatic rings. The van der Waals surface area contributed by atoms with Gasteiger partial charge < -0.3 is 14.9 Å². The number of carboxylic acid groups (broad SMARTS) is 2. The molecule has 0 bridgehead atoms. The van der Waals surface area contributed by atoms with Gasteiger partial charge >= 0.3 is 23.5 Å². The Balaban J connectivity index is 5.34. The molecule has 0 fully saturated rings. The second-order valence-electron chi connectivity index (χ2n) is 4.01. The van der Waals surface area contributed by atoms with E-state index in [1.54, 1.807) is 0 Å². The standard InChI is InChI=1S/C12H18O6/c1-4-6-7-8(3)12(10(14)15,11(16)17)18-9(13)5-2/h5,8H,2,4,6-7H2,1,3H3,(H,14,15)(H,16,17). The third kappa shape index (κ3) is 3.32. The molecule has 102 valence electrons. The van der Waals surface area contributed by atoms with Gasteiger partial charge in [0.2, 0.25) is 0 Å². The van der Waals surface area contributed by atoms with Crippen molar-refractivity contribution in [3.63, 3.8) is 0 Å². The van der Waals surface area contributed by atoms with Gasteiger partial charge in [0, 0.05) is 12.0 Å². The molecule has 0 aromatic heterocycles. The van der Waals surface area contributed by atoms with Crippen LogP contribution in [0.4, 0.5) is 0 Å². The molecule has 18 heavy (non-hydrogen) atoms. The zero-order valence-electron chi connectivity index (χ0n) is 10.5. The highest BCUT2D eigenvalue weighted by molar-refractivity contribution is 6.04. The minimum Gasteiger partial charge on any atom is -0.478 e. The Labute approximate surface area is 105 Å². The lowest BCUT2D eigenvalue weighted by Gasteiger charge is -2.30. The summed E-state index contributed by atoms with van der Waals surface area (Å²) in [6.45, 7) is 6.46. The van der Waals surface area contributed by atoms with Crippen LogP contribution in [0.2, 0.25) is 0 Å². The quantitative estimate of drug-likeness (QED) is 0.388. The van der Waals surface area contributed by atoms with Crippen molar-refractivity contribution in [3.05, 3.63) is 12.7 Å². The Morgan fingerprint density at radius 3 is 2.17 bits per heavy atom. The van der Waals surface area contributed by atoms with Gasteiger partial charge in [0.05, 0.1) is 0 Å². The molecule has 1 atom stereocenters. The third-order valence-corrected chi connectivity index (χ3v) is 2.75. The van der Waals surface area contributed by atoms with Crippen LogP contribution in [-0.2, 0) is 19.1 Å². The van der Waals surface area contributed by atoms with Crippen molar-refractivity contribution < 1.29 is 29.3 Å². The normalized spacial score (nSPS) is 12.6. The maximum absolute atomic E-state index is 11.2. The molecule has 0 saturated heterocycles. The third-order valence-electron chi connectivity index (χ3n) is 2.75. The summed E-state index contributed by atoms with van der Waals surface area (Å²) in [5, 5.41) is 18.2. The molecular formula is C12H18O6. The fraction of sp³-hybridized carbons (Fsp3) is 0.583. The highest BCUT2D eigenvalue weighted by Gasteiger charge is 2.54. The molecule has 0 saturated carbocycles. The first-order chi connectivity index (χ1) is 8.32. The van der Waals surface area contributed by atoms with Crippen LogP contribution in [0.15, 0.2) is 12.7 Å². The summed E-state index contributed by atoms with van der Waals surface area (Å²) < 4.78 is 4.61. The van der Waals surface area contributed by atoms with Crippen molar-refractivity contribution in [2.24, 2.45) is 5.92 Å². The molecule has 0 heterocycles. The molecule has 0 spiro atoms. The lowest BCUT2D eigenvalue weighted by molar-refractivity contribution is -0.195. The number of carbonyl (C=O) groups is 3. The van der Waals surface area contributed by atoms with Gasteiger partial charge in [0.25, 0.3) is 0 Å². The zero-order chi connectivity index (χ0) is 14.3. The monoisotopic (exact) mass is 258 g/mol. The molecule has 6 heteroatoms. The summed E-state index contributed by atoms with van der Waals surface area (Å²) in [5.74, 6) is -5.28. The van der Waals surface area contributed by atoms with E-state index in [1.165, 1.54) is 6.92 Å². The molecule has 0 radical (unpaired) electrons. The number of unbranched alkanes of at least 4 members (excludes halogenated alkanes) is 1. The number of carboxylic acids is 2. The number of aliphatic carboxylic acids is 2. The van der Waals surface area contributed by atoms with E-state index in [4.69, 9.17) is 10.2 Å². The van der Waals surface area contributed by atoms with Crippen molar-refractivity contribution in [2.45, 2.75) is 38.7 Å². The smallest absolute Gasteiger partial charge is 0.360 e. The highest BCUT2D eigenvalue weighted by Crippen LogP contribution is 2.28. The van der Waals surface area contributed by atoms with Crippen molar-refractivity contribution in [3.8, 4) is 0 Å². The molecule has 0 aliphatic heterocycles. The van der Waals surface area contributed by atoms with Crippen LogP contribution in [0, 0.1) is 5.92 Å². The van der Waals surface area contributed by atoms with Crippen molar-refractivity contribution in [1.82, 2.24) is 0 Å². The van der Waals surface area contributed by atoms with Gasteiger partial charge in [-0.3, -0.25) is 0 Å². The minimum absolute atomic E-state index is 0.333. The van der Waals surface area contributed by atoms with Crippen LogP contribution in [0.5, 0.6) is 0 Å². The van der Waals surface area contributed by atoms with Crippen LogP contribution in [-0.4, -0.2) is 33.7 Å². The number of esters is 1. The van der Waals surface area contributed by atoms with Gasteiger partial charge in [-0.05, 0) is 6.42 Å². The first kappa shape index (κ1) is 16.1. The minimum atomic E-state index is -2.56. The molecule has 1 unspecified atom stereocenters. The lowest BCUT2D eigenvalue weighted by atomic mass is 9.84. The molecule has 0 amide bonds. The Bertz CT molecular complexity index is 332. The predicted molar refractivity (Wildman–Crippen MR) is 63.0 cm³/mol.